The van der Waals surface area contributed by atoms with Crippen LogP contribution in [0.2, 0.25) is 0 Å². The monoisotopic (exact) mass is 378 g/mol. The predicted molar refractivity (Wildman–Crippen MR) is 78.6 cm³/mol. The second-order valence-electron chi connectivity index (χ2n) is 3.50. The van der Waals surface area contributed by atoms with Gasteiger partial charge in [0.05, 0.1) is 12.9 Å². The van der Waals surface area contributed by atoms with Crippen LogP contribution in [-0.4, -0.2) is 0 Å². The van der Waals surface area contributed by atoms with E-state index in [1.165, 1.54) is 5.56 Å². The molecule has 2 rings (SSSR count). The van der Waals surface area contributed by atoms with E-state index in [2.05, 4.69) is 57.0 Å². The molecule has 2 aromatic rings. The van der Waals surface area contributed by atoms with Crippen molar-refractivity contribution in [3.8, 4) is 0 Å². The number of hydrogen-bond acceptors (Lipinski definition) is 1. The second-order valence-corrected chi connectivity index (χ2v) is 7.68. The molecule has 84 valence electrons. The Bertz CT molecular complexity index is 507. The van der Waals surface area contributed by atoms with Gasteiger partial charge < -0.3 is 0 Å². The predicted octanol–water partition coefficient (Wildman–Crippen LogP) is 5.91. The Labute approximate surface area is 121 Å². The van der Waals surface area contributed by atoms with Gasteiger partial charge in [0.2, 0.25) is 0 Å². The van der Waals surface area contributed by atoms with Gasteiger partial charge in [0.25, 0.3) is 0 Å². The number of rotatable bonds is 2. The molecule has 1 aromatic carbocycles. The van der Waals surface area contributed by atoms with Crippen LogP contribution in [0.5, 0.6) is 0 Å². The van der Waals surface area contributed by atoms with Gasteiger partial charge in [-0.3, -0.25) is 0 Å². The molecule has 1 atom stereocenters. The minimum Gasteiger partial charge on any atom is -0.121 e. The largest absolute Gasteiger partial charge is 0.121 e. The maximum Gasteiger partial charge on any atom is 0.0857 e. The van der Waals surface area contributed by atoms with Crippen LogP contribution in [0.4, 0.5) is 0 Å². The highest BCUT2D eigenvalue weighted by molar-refractivity contribution is 9.12. The molecule has 0 nitrogen and oxygen atoms in total. The van der Waals surface area contributed by atoms with Crippen molar-refractivity contribution < 1.29 is 0 Å². The molecule has 1 unspecified atom stereocenters. The van der Waals surface area contributed by atoms with E-state index in [1.54, 1.807) is 11.3 Å². The van der Waals surface area contributed by atoms with Gasteiger partial charge in [0.1, 0.15) is 0 Å². The summed E-state index contributed by atoms with van der Waals surface area (Å²) in [5.41, 5.74) is 3.50. The fraction of sp³-hybridized carbons (Fsp3) is 0.167. The smallest absolute Gasteiger partial charge is 0.0857 e. The Balaban J connectivity index is 2.43. The van der Waals surface area contributed by atoms with Gasteiger partial charge in [-0.25, -0.2) is 0 Å². The SMILES string of the molecule is Cc1ccccc1C(Cl)c1cc(Br)sc1Br. The van der Waals surface area contributed by atoms with Crippen LogP contribution in [0.1, 0.15) is 22.1 Å². The number of alkyl halides is 1. The zero-order valence-corrected chi connectivity index (χ0v) is 13.3. The Hall–Kier alpha value is 0.170. The molecule has 0 amide bonds. The van der Waals surface area contributed by atoms with Crippen molar-refractivity contribution in [2.45, 2.75) is 12.3 Å². The molecule has 4 heteroatoms. The maximum atomic E-state index is 6.51. The lowest BCUT2D eigenvalue weighted by atomic mass is 10.0. The third-order valence-corrected chi connectivity index (χ3v) is 5.27. The van der Waals surface area contributed by atoms with Crippen LogP contribution in [0, 0.1) is 6.92 Å². The summed E-state index contributed by atoms with van der Waals surface area (Å²) in [4.78, 5) is 0. The Morgan fingerprint density at radius 3 is 2.44 bits per heavy atom. The normalized spacial score (nSPS) is 12.8. The third kappa shape index (κ3) is 2.53. The molecule has 0 saturated carbocycles. The highest BCUT2D eigenvalue weighted by Crippen LogP contribution is 2.41. The van der Waals surface area contributed by atoms with Gasteiger partial charge in [-0.1, -0.05) is 24.3 Å². The lowest BCUT2D eigenvalue weighted by Crippen LogP contribution is -1.94. The van der Waals surface area contributed by atoms with Crippen LogP contribution in [0.25, 0.3) is 0 Å². The summed E-state index contributed by atoms with van der Waals surface area (Å²) in [6, 6.07) is 10.3. The van der Waals surface area contributed by atoms with Crippen molar-refractivity contribution in [2.75, 3.05) is 0 Å². The number of hydrogen-bond donors (Lipinski definition) is 0. The van der Waals surface area contributed by atoms with Crippen molar-refractivity contribution in [2.24, 2.45) is 0 Å². The molecule has 0 spiro atoms. The van der Waals surface area contributed by atoms with E-state index in [1.807, 2.05) is 12.1 Å². The van der Waals surface area contributed by atoms with Crippen molar-refractivity contribution in [3.63, 3.8) is 0 Å². The van der Waals surface area contributed by atoms with Crippen molar-refractivity contribution in [1.29, 1.82) is 0 Å². The molecule has 0 radical (unpaired) electrons. The van der Waals surface area contributed by atoms with Crippen molar-refractivity contribution >= 4 is 54.8 Å². The zero-order valence-electron chi connectivity index (χ0n) is 8.51. The van der Waals surface area contributed by atoms with Crippen molar-refractivity contribution in [3.05, 3.63) is 54.6 Å². The molecule has 0 bridgehead atoms. The minimum absolute atomic E-state index is 0.0990. The van der Waals surface area contributed by atoms with Gasteiger partial charge in [-0.05, 0) is 56.0 Å². The highest BCUT2D eigenvalue weighted by Gasteiger charge is 2.17. The second kappa shape index (κ2) is 5.21. The van der Waals surface area contributed by atoms with E-state index in [9.17, 15) is 0 Å². The minimum atomic E-state index is -0.0990. The number of halogens is 3. The Kier molecular flexibility index (Phi) is 4.11. The van der Waals surface area contributed by atoms with Crippen LogP contribution in [-0.2, 0) is 0 Å². The molecule has 0 N–H and O–H groups in total. The molecule has 0 aliphatic carbocycles. The summed E-state index contributed by atoms with van der Waals surface area (Å²) in [6.45, 7) is 2.08. The van der Waals surface area contributed by atoms with E-state index >= 15 is 0 Å². The topological polar surface area (TPSA) is 0 Å². The Morgan fingerprint density at radius 1 is 1.19 bits per heavy atom. The van der Waals surface area contributed by atoms with Crippen LogP contribution in [0.3, 0.4) is 0 Å². The summed E-state index contributed by atoms with van der Waals surface area (Å²) in [7, 11) is 0. The number of benzene rings is 1. The van der Waals surface area contributed by atoms with Gasteiger partial charge in [0, 0.05) is 5.56 Å². The molecular formula is C12H9Br2ClS. The fourth-order valence-electron chi connectivity index (χ4n) is 1.56. The van der Waals surface area contributed by atoms with Gasteiger partial charge in [-0.2, -0.15) is 0 Å². The molecule has 1 aromatic heterocycles. The molecule has 0 saturated heterocycles. The van der Waals surface area contributed by atoms with Gasteiger partial charge in [0.15, 0.2) is 0 Å². The summed E-state index contributed by atoms with van der Waals surface area (Å²) in [5, 5.41) is -0.0990. The van der Waals surface area contributed by atoms with Gasteiger partial charge >= 0.3 is 0 Å². The van der Waals surface area contributed by atoms with E-state index in [4.69, 9.17) is 11.6 Å². The first kappa shape index (κ1) is 12.6. The fourth-order valence-corrected chi connectivity index (χ4v) is 5.08. The third-order valence-electron chi connectivity index (χ3n) is 2.42. The van der Waals surface area contributed by atoms with E-state index in [0.717, 1.165) is 18.7 Å². The van der Waals surface area contributed by atoms with E-state index < -0.39 is 0 Å². The van der Waals surface area contributed by atoms with Gasteiger partial charge in [-0.15, -0.1) is 22.9 Å². The lowest BCUT2D eigenvalue weighted by molar-refractivity contribution is 1.11. The van der Waals surface area contributed by atoms with E-state index in [0.29, 0.717) is 0 Å². The number of aryl methyl sites for hydroxylation is 1. The molecular weight excluding hydrogens is 371 g/mol. The summed E-state index contributed by atoms with van der Waals surface area (Å²) in [5.74, 6) is 0. The Morgan fingerprint density at radius 2 is 1.88 bits per heavy atom. The summed E-state index contributed by atoms with van der Waals surface area (Å²) >= 11 is 15.2. The molecule has 1 heterocycles. The standard InChI is InChI=1S/C12H9Br2ClS/c1-7-4-2-3-5-8(7)11(15)9-6-10(13)16-12(9)14/h2-6,11H,1H3. The summed E-state index contributed by atoms with van der Waals surface area (Å²) in [6.07, 6.45) is 0. The average Bonchev–Trinajstić information content (AvgIpc) is 2.58. The molecule has 0 fully saturated rings. The first-order chi connectivity index (χ1) is 7.59. The summed E-state index contributed by atoms with van der Waals surface area (Å²) < 4.78 is 2.18. The van der Waals surface area contributed by atoms with Crippen molar-refractivity contribution in [1.82, 2.24) is 0 Å². The quantitative estimate of drug-likeness (QED) is 0.568. The molecule has 0 aliphatic heterocycles. The lowest BCUT2D eigenvalue weighted by Gasteiger charge is -2.11. The molecule has 16 heavy (non-hydrogen) atoms. The van der Waals surface area contributed by atoms with E-state index in [-0.39, 0.29) is 5.38 Å². The zero-order chi connectivity index (χ0) is 11.7. The first-order valence-corrected chi connectivity index (χ1v) is 7.58. The van der Waals surface area contributed by atoms with Crippen LogP contribution in [0.15, 0.2) is 37.9 Å². The highest BCUT2D eigenvalue weighted by atomic mass is 79.9. The van der Waals surface area contributed by atoms with Crippen LogP contribution < -0.4 is 0 Å². The first-order valence-electron chi connectivity index (χ1n) is 4.74. The van der Waals surface area contributed by atoms with Crippen LogP contribution >= 0.6 is 54.8 Å². The average molecular weight is 381 g/mol. The molecule has 0 aliphatic rings. The maximum absolute atomic E-state index is 6.51. The number of thiophene rings is 1.